The molecule has 2 heterocycles. The highest BCUT2D eigenvalue weighted by Crippen LogP contribution is 2.17. The number of halogens is 2. The molecule has 0 aliphatic rings. The van der Waals surface area contributed by atoms with Gasteiger partial charge >= 0.3 is 6.43 Å². The fourth-order valence-corrected chi connectivity index (χ4v) is 1.01. The van der Waals surface area contributed by atoms with Crippen molar-refractivity contribution in [1.29, 1.82) is 0 Å². The molecular weight excluding hydrogens is 330 g/mol. The average molecular weight is 364 g/mol. The van der Waals surface area contributed by atoms with Crippen molar-refractivity contribution in [3.8, 4) is 0 Å². The maximum absolute atomic E-state index is 11.6. The van der Waals surface area contributed by atoms with Crippen molar-refractivity contribution < 1.29 is 17.8 Å². The first-order valence-corrected chi connectivity index (χ1v) is 8.59. The van der Waals surface area contributed by atoms with Crippen molar-refractivity contribution in [1.82, 2.24) is 20.3 Å². The van der Waals surface area contributed by atoms with Gasteiger partial charge in [0.2, 0.25) is 17.6 Å². The van der Waals surface area contributed by atoms with E-state index in [1.54, 1.807) is 6.92 Å². The molecule has 0 fully saturated rings. The predicted octanol–water partition coefficient (Wildman–Crippen LogP) is 6.07. The minimum absolute atomic E-state index is 0.00222. The molecule has 0 unspecified atom stereocenters. The highest BCUT2D eigenvalue weighted by Gasteiger charge is 2.19. The van der Waals surface area contributed by atoms with E-state index >= 15 is 0 Å². The average Bonchev–Trinajstić information content (AvgIpc) is 3.22. The van der Waals surface area contributed by atoms with Crippen LogP contribution < -0.4 is 0 Å². The second kappa shape index (κ2) is 15.7. The second-order valence-corrected chi connectivity index (χ2v) is 4.86. The molecule has 8 heteroatoms. The Morgan fingerprint density at radius 1 is 0.760 bits per heavy atom. The van der Waals surface area contributed by atoms with Crippen LogP contribution in [0.15, 0.2) is 9.05 Å². The smallest absolute Gasteiger partial charge is 0.300 e. The van der Waals surface area contributed by atoms with Crippen molar-refractivity contribution in [3.63, 3.8) is 0 Å². The zero-order valence-electron chi connectivity index (χ0n) is 17.4. The highest BCUT2D eigenvalue weighted by atomic mass is 19.3. The Hall–Kier alpha value is -1.86. The molecule has 0 aliphatic carbocycles. The molecule has 148 valence electrons. The quantitative estimate of drug-likeness (QED) is 0.611. The topological polar surface area (TPSA) is 77.8 Å². The summed E-state index contributed by atoms with van der Waals surface area (Å²) in [6.07, 6.45) is -2.64. The van der Waals surface area contributed by atoms with Gasteiger partial charge in [-0.15, -0.1) is 0 Å². The molecule has 2 aromatic rings. The molecule has 25 heavy (non-hydrogen) atoms. The monoisotopic (exact) mass is 364 g/mol. The molecule has 0 N–H and O–H groups in total. The van der Waals surface area contributed by atoms with Gasteiger partial charge in [0.05, 0.1) is 0 Å². The van der Waals surface area contributed by atoms with Gasteiger partial charge in [0, 0.05) is 19.3 Å². The van der Waals surface area contributed by atoms with Crippen molar-refractivity contribution in [2.75, 3.05) is 0 Å². The SMILES string of the molecule is CC.CC.CC.Cc1nc(C(C)(C)C)no1.Cc1nc(C(F)F)no1. The molecule has 0 aliphatic heterocycles. The molecule has 0 radical (unpaired) electrons. The van der Waals surface area contributed by atoms with Gasteiger partial charge in [-0.2, -0.15) is 9.97 Å². The van der Waals surface area contributed by atoms with Gasteiger partial charge in [0.15, 0.2) is 5.82 Å². The van der Waals surface area contributed by atoms with Crippen molar-refractivity contribution in [2.45, 2.75) is 88.0 Å². The zero-order valence-corrected chi connectivity index (χ0v) is 17.4. The van der Waals surface area contributed by atoms with E-state index in [0.29, 0.717) is 5.89 Å². The third kappa shape index (κ3) is 13.1. The molecule has 0 bridgehead atoms. The Kier molecular flexibility index (Phi) is 17.5. The normalized spacial score (nSPS) is 9.36. The third-order valence-electron chi connectivity index (χ3n) is 1.94. The lowest BCUT2D eigenvalue weighted by Gasteiger charge is -2.10. The molecule has 0 amide bonds. The molecule has 0 spiro atoms. The van der Waals surface area contributed by atoms with Crippen LogP contribution in [0.1, 0.15) is 92.2 Å². The number of rotatable bonds is 1. The summed E-state index contributed by atoms with van der Waals surface area (Å²) in [6.45, 7) is 21.4. The lowest BCUT2D eigenvalue weighted by atomic mass is 9.96. The van der Waals surface area contributed by atoms with E-state index in [-0.39, 0.29) is 11.3 Å². The van der Waals surface area contributed by atoms with Gasteiger partial charge < -0.3 is 9.05 Å². The molecule has 0 saturated carbocycles. The molecule has 0 saturated heterocycles. The largest absolute Gasteiger partial charge is 0.340 e. The van der Waals surface area contributed by atoms with E-state index in [1.165, 1.54) is 6.92 Å². The summed E-state index contributed by atoms with van der Waals surface area (Å²) < 4.78 is 32.3. The van der Waals surface area contributed by atoms with E-state index in [4.69, 9.17) is 4.52 Å². The Balaban J connectivity index is -0.000000299. The van der Waals surface area contributed by atoms with Crippen molar-refractivity contribution in [3.05, 3.63) is 23.4 Å². The van der Waals surface area contributed by atoms with Gasteiger partial charge in [-0.1, -0.05) is 72.6 Å². The summed E-state index contributed by atoms with van der Waals surface area (Å²) >= 11 is 0. The molecule has 2 rings (SSSR count). The zero-order chi connectivity index (χ0) is 20.6. The number of aryl methyl sites for hydroxylation is 2. The first-order valence-electron chi connectivity index (χ1n) is 8.59. The van der Waals surface area contributed by atoms with Gasteiger partial charge in [-0.3, -0.25) is 0 Å². The van der Waals surface area contributed by atoms with Crippen LogP contribution in [-0.2, 0) is 5.41 Å². The lowest BCUT2D eigenvalue weighted by molar-refractivity contribution is 0.136. The van der Waals surface area contributed by atoms with Crippen LogP contribution in [-0.4, -0.2) is 20.3 Å². The first-order chi connectivity index (χ1) is 11.7. The number of nitrogens with zero attached hydrogens (tertiary/aromatic N) is 4. The Labute approximate surface area is 150 Å². The number of alkyl halides is 2. The van der Waals surface area contributed by atoms with Gasteiger partial charge in [-0.05, 0) is 0 Å². The van der Waals surface area contributed by atoms with Crippen LogP contribution >= 0.6 is 0 Å². The molecule has 2 aromatic heterocycles. The van der Waals surface area contributed by atoms with E-state index in [0.717, 1.165) is 5.82 Å². The first kappa shape index (κ1) is 28.0. The van der Waals surface area contributed by atoms with Crippen LogP contribution in [0.5, 0.6) is 0 Å². The van der Waals surface area contributed by atoms with Gasteiger partial charge in [0.1, 0.15) is 0 Å². The third-order valence-corrected chi connectivity index (χ3v) is 1.94. The Morgan fingerprint density at radius 3 is 1.32 bits per heavy atom. The van der Waals surface area contributed by atoms with E-state index < -0.39 is 12.2 Å². The Bertz CT molecular complexity index is 521. The van der Waals surface area contributed by atoms with Crippen LogP contribution in [0, 0.1) is 13.8 Å². The van der Waals surface area contributed by atoms with Crippen molar-refractivity contribution >= 4 is 0 Å². The predicted molar refractivity (Wildman–Crippen MR) is 95.8 cm³/mol. The van der Waals surface area contributed by atoms with Crippen LogP contribution in [0.2, 0.25) is 0 Å². The fraction of sp³-hybridized carbons (Fsp3) is 0.765. The summed E-state index contributed by atoms with van der Waals surface area (Å²) in [7, 11) is 0. The van der Waals surface area contributed by atoms with Crippen LogP contribution in [0.3, 0.4) is 0 Å². The summed E-state index contributed by atoms with van der Waals surface area (Å²) in [5.41, 5.74) is -0.00222. The highest BCUT2D eigenvalue weighted by molar-refractivity contribution is 4.98. The number of hydrogen-bond donors (Lipinski definition) is 0. The number of aromatic nitrogens is 4. The maximum atomic E-state index is 11.6. The summed E-state index contributed by atoms with van der Waals surface area (Å²) in [4.78, 5) is 7.39. The number of hydrogen-bond acceptors (Lipinski definition) is 6. The Morgan fingerprint density at radius 2 is 1.16 bits per heavy atom. The molecule has 0 aromatic carbocycles. The van der Waals surface area contributed by atoms with Crippen LogP contribution in [0.25, 0.3) is 0 Å². The summed E-state index contributed by atoms with van der Waals surface area (Å²) in [5.74, 6) is 1.01. The van der Waals surface area contributed by atoms with Gasteiger partial charge in [0.25, 0.3) is 0 Å². The lowest BCUT2D eigenvalue weighted by Crippen LogP contribution is -2.13. The molecular formula is C17H34F2N4O2. The van der Waals surface area contributed by atoms with E-state index in [1.807, 2.05) is 41.5 Å². The van der Waals surface area contributed by atoms with Crippen molar-refractivity contribution in [2.24, 2.45) is 0 Å². The standard InChI is InChI=1S/C7H12N2O.C4H4F2N2O.3C2H6/c1-5-8-6(9-10-5)7(2,3)4;1-2-7-4(3(5)6)8-9-2;3*1-2/h1-4H3;3H,1H3;3*1-2H3. The van der Waals surface area contributed by atoms with Crippen LogP contribution in [0.4, 0.5) is 8.78 Å². The fourth-order valence-electron chi connectivity index (χ4n) is 1.01. The van der Waals surface area contributed by atoms with E-state index in [9.17, 15) is 8.78 Å². The maximum Gasteiger partial charge on any atom is 0.300 e. The van der Waals surface area contributed by atoms with E-state index in [2.05, 4.69) is 45.6 Å². The molecule has 0 atom stereocenters. The minimum Gasteiger partial charge on any atom is -0.340 e. The molecule has 6 nitrogen and oxygen atoms in total. The summed E-state index contributed by atoms with van der Waals surface area (Å²) in [6, 6.07) is 0. The summed E-state index contributed by atoms with van der Waals surface area (Å²) in [5, 5.41) is 6.78. The van der Waals surface area contributed by atoms with Gasteiger partial charge in [-0.25, -0.2) is 8.78 Å². The minimum atomic E-state index is -2.64. The second-order valence-electron chi connectivity index (χ2n) is 4.86.